The fourth-order valence-electron chi connectivity index (χ4n) is 3.65. The fraction of sp³-hybridized carbons (Fsp3) is 0.259. The SMILES string of the molecule is CCCNC(=O)[C@H](C)N(Cc1ccc(Br)cc1)C(=O)CN(c1ccccc1F)S(=O)(=O)c1ccccc1. The van der Waals surface area contributed by atoms with Crippen molar-refractivity contribution in [2.75, 3.05) is 17.4 Å². The van der Waals surface area contributed by atoms with Crippen molar-refractivity contribution in [2.24, 2.45) is 0 Å². The Hall–Kier alpha value is -3.24. The van der Waals surface area contributed by atoms with Crippen molar-refractivity contribution in [3.63, 3.8) is 0 Å². The minimum Gasteiger partial charge on any atom is -0.354 e. The van der Waals surface area contributed by atoms with Gasteiger partial charge in [0.05, 0.1) is 10.6 Å². The van der Waals surface area contributed by atoms with Crippen LogP contribution in [-0.4, -0.2) is 44.3 Å². The van der Waals surface area contributed by atoms with Gasteiger partial charge in [-0.25, -0.2) is 12.8 Å². The molecule has 0 aliphatic carbocycles. The van der Waals surface area contributed by atoms with Crippen LogP contribution in [0.4, 0.5) is 10.1 Å². The molecule has 1 N–H and O–H groups in total. The highest BCUT2D eigenvalue weighted by Gasteiger charge is 2.33. The third-order valence-corrected chi connectivity index (χ3v) is 8.02. The van der Waals surface area contributed by atoms with Crippen LogP contribution < -0.4 is 9.62 Å². The molecule has 3 aromatic rings. The summed E-state index contributed by atoms with van der Waals surface area (Å²) in [7, 11) is -4.30. The molecule has 0 saturated carbocycles. The summed E-state index contributed by atoms with van der Waals surface area (Å²) in [5.41, 5.74) is 0.487. The Kier molecular flexibility index (Phi) is 9.82. The number of anilines is 1. The molecule has 7 nitrogen and oxygen atoms in total. The first-order valence-corrected chi connectivity index (χ1v) is 14.0. The largest absolute Gasteiger partial charge is 0.354 e. The average Bonchev–Trinajstić information content (AvgIpc) is 2.90. The molecule has 3 aromatic carbocycles. The molecule has 0 aliphatic rings. The van der Waals surface area contributed by atoms with E-state index in [4.69, 9.17) is 0 Å². The molecule has 0 radical (unpaired) electrons. The highest BCUT2D eigenvalue weighted by molar-refractivity contribution is 9.10. The van der Waals surface area contributed by atoms with Gasteiger partial charge < -0.3 is 10.2 Å². The summed E-state index contributed by atoms with van der Waals surface area (Å²) >= 11 is 3.38. The van der Waals surface area contributed by atoms with Crippen LogP contribution in [0.1, 0.15) is 25.8 Å². The quantitative estimate of drug-likeness (QED) is 0.350. The molecule has 37 heavy (non-hydrogen) atoms. The van der Waals surface area contributed by atoms with Gasteiger partial charge in [-0.05, 0) is 55.3 Å². The molecule has 0 saturated heterocycles. The second kappa shape index (κ2) is 12.8. The van der Waals surface area contributed by atoms with Gasteiger partial charge in [0.1, 0.15) is 18.4 Å². The number of nitrogens with zero attached hydrogens (tertiary/aromatic N) is 2. The number of carbonyl (C=O) groups excluding carboxylic acids is 2. The van der Waals surface area contributed by atoms with Gasteiger partial charge in [-0.1, -0.05) is 65.3 Å². The van der Waals surface area contributed by atoms with Crippen molar-refractivity contribution in [2.45, 2.75) is 37.8 Å². The van der Waals surface area contributed by atoms with Crippen LogP contribution >= 0.6 is 15.9 Å². The number of amides is 2. The van der Waals surface area contributed by atoms with Gasteiger partial charge in [0.15, 0.2) is 0 Å². The van der Waals surface area contributed by atoms with E-state index in [1.54, 1.807) is 37.3 Å². The number of nitrogens with one attached hydrogen (secondary N) is 1. The standard InChI is InChI=1S/C27H29BrFN3O4S/c1-3-17-30-27(34)20(2)31(18-21-13-15-22(28)16-14-21)26(33)19-32(25-12-8-7-11-24(25)29)37(35,36)23-9-5-4-6-10-23/h4-16,20H,3,17-19H2,1-2H3,(H,30,34)/t20-/m0/s1. The maximum absolute atomic E-state index is 14.8. The van der Waals surface area contributed by atoms with E-state index in [-0.39, 0.29) is 23.0 Å². The Morgan fingerprint density at radius 1 is 0.973 bits per heavy atom. The monoisotopic (exact) mass is 589 g/mol. The Morgan fingerprint density at radius 2 is 1.59 bits per heavy atom. The predicted molar refractivity (Wildman–Crippen MR) is 145 cm³/mol. The second-order valence-corrected chi connectivity index (χ2v) is 11.2. The molecule has 0 aromatic heterocycles. The lowest BCUT2D eigenvalue weighted by molar-refractivity contribution is -0.139. The Bertz CT molecular complexity index is 1320. The van der Waals surface area contributed by atoms with Crippen LogP contribution in [0, 0.1) is 5.82 Å². The van der Waals surface area contributed by atoms with Crippen molar-refractivity contribution >= 4 is 43.5 Å². The van der Waals surface area contributed by atoms with Crippen LogP contribution in [0.15, 0.2) is 88.2 Å². The van der Waals surface area contributed by atoms with E-state index in [1.165, 1.54) is 35.2 Å². The van der Waals surface area contributed by atoms with Crippen LogP contribution in [0.25, 0.3) is 0 Å². The molecule has 0 spiro atoms. The van der Waals surface area contributed by atoms with Crippen LogP contribution in [0.5, 0.6) is 0 Å². The van der Waals surface area contributed by atoms with E-state index in [0.717, 1.165) is 26.8 Å². The molecule has 0 fully saturated rings. The fourth-order valence-corrected chi connectivity index (χ4v) is 5.36. The molecule has 3 rings (SSSR count). The molecule has 0 aliphatic heterocycles. The zero-order valence-corrected chi connectivity index (χ0v) is 23.0. The van der Waals surface area contributed by atoms with Crippen molar-refractivity contribution in [1.29, 1.82) is 0 Å². The minimum absolute atomic E-state index is 0.0589. The number of benzene rings is 3. The summed E-state index contributed by atoms with van der Waals surface area (Å²) in [6, 6.07) is 19.2. The van der Waals surface area contributed by atoms with Crippen LogP contribution in [0.2, 0.25) is 0 Å². The van der Waals surface area contributed by atoms with Crippen molar-refractivity contribution in [3.05, 3.63) is 94.7 Å². The second-order valence-electron chi connectivity index (χ2n) is 8.39. The van der Waals surface area contributed by atoms with Gasteiger partial charge in [-0.3, -0.25) is 13.9 Å². The van der Waals surface area contributed by atoms with Crippen molar-refractivity contribution < 1.29 is 22.4 Å². The highest BCUT2D eigenvalue weighted by Crippen LogP contribution is 2.27. The van der Waals surface area contributed by atoms with Gasteiger partial charge in [0, 0.05) is 17.6 Å². The van der Waals surface area contributed by atoms with Gasteiger partial charge >= 0.3 is 0 Å². The number of rotatable bonds is 11. The Balaban J connectivity index is 2.01. The van der Waals surface area contributed by atoms with E-state index in [1.807, 2.05) is 19.1 Å². The molecule has 0 bridgehead atoms. The van der Waals surface area contributed by atoms with Gasteiger partial charge in [0.25, 0.3) is 10.0 Å². The topological polar surface area (TPSA) is 86.8 Å². The summed E-state index contributed by atoms with van der Waals surface area (Å²) in [6.07, 6.45) is 0.718. The zero-order chi connectivity index (χ0) is 27.0. The first-order valence-electron chi connectivity index (χ1n) is 11.8. The molecule has 1 atom stereocenters. The zero-order valence-electron chi connectivity index (χ0n) is 20.6. The Morgan fingerprint density at radius 3 is 2.22 bits per heavy atom. The highest BCUT2D eigenvalue weighted by atomic mass is 79.9. The van der Waals surface area contributed by atoms with E-state index in [0.29, 0.717) is 6.54 Å². The van der Waals surface area contributed by atoms with E-state index < -0.39 is 34.3 Å². The third kappa shape index (κ3) is 7.17. The van der Waals surface area contributed by atoms with E-state index in [9.17, 15) is 22.4 Å². The summed E-state index contributed by atoms with van der Waals surface area (Å²) in [4.78, 5) is 27.8. The number of hydrogen-bond acceptors (Lipinski definition) is 4. The van der Waals surface area contributed by atoms with E-state index >= 15 is 0 Å². The van der Waals surface area contributed by atoms with E-state index in [2.05, 4.69) is 21.2 Å². The molecule has 10 heteroatoms. The van der Waals surface area contributed by atoms with Gasteiger partial charge in [-0.15, -0.1) is 0 Å². The minimum atomic E-state index is -4.30. The predicted octanol–water partition coefficient (Wildman–Crippen LogP) is 4.73. The number of halogens is 2. The number of para-hydroxylation sites is 1. The average molecular weight is 591 g/mol. The Labute approximate surface area is 225 Å². The molecular weight excluding hydrogens is 561 g/mol. The number of sulfonamides is 1. The van der Waals surface area contributed by atoms with Crippen molar-refractivity contribution in [3.8, 4) is 0 Å². The smallest absolute Gasteiger partial charge is 0.264 e. The lowest BCUT2D eigenvalue weighted by Crippen LogP contribution is -2.51. The molecular formula is C27H29BrFN3O4S. The lowest BCUT2D eigenvalue weighted by atomic mass is 10.1. The molecule has 0 heterocycles. The van der Waals surface area contributed by atoms with Gasteiger partial charge in [-0.2, -0.15) is 0 Å². The summed E-state index contributed by atoms with van der Waals surface area (Å²) in [5.74, 6) is -1.80. The molecule has 0 unspecified atom stereocenters. The number of hydrogen-bond donors (Lipinski definition) is 1. The third-order valence-electron chi connectivity index (χ3n) is 5.71. The van der Waals surface area contributed by atoms with Crippen molar-refractivity contribution in [1.82, 2.24) is 10.2 Å². The van der Waals surface area contributed by atoms with Crippen LogP contribution in [0.3, 0.4) is 0 Å². The van der Waals surface area contributed by atoms with Crippen LogP contribution in [-0.2, 0) is 26.2 Å². The summed E-state index contributed by atoms with van der Waals surface area (Å²) in [5, 5.41) is 2.78. The first kappa shape index (κ1) is 28.3. The van der Waals surface area contributed by atoms with Gasteiger partial charge in [0.2, 0.25) is 11.8 Å². The lowest BCUT2D eigenvalue weighted by Gasteiger charge is -2.32. The maximum atomic E-state index is 14.8. The molecule has 2 amide bonds. The number of carbonyl (C=O) groups is 2. The summed E-state index contributed by atoms with van der Waals surface area (Å²) in [6.45, 7) is 3.30. The molecule has 196 valence electrons. The normalized spacial score (nSPS) is 12.0. The summed E-state index contributed by atoms with van der Waals surface area (Å²) < 4.78 is 43.6. The maximum Gasteiger partial charge on any atom is 0.264 e. The first-order chi connectivity index (χ1) is 17.6.